The summed E-state index contributed by atoms with van der Waals surface area (Å²) in [6.45, 7) is 0. The summed E-state index contributed by atoms with van der Waals surface area (Å²) < 4.78 is 37.2. The molecule has 0 saturated heterocycles. The fourth-order valence-corrected chi connectivity index (χ4v) is 1.63. The molecule has 0 bridgehead atoms. The van der Waals surface area contributed by atoms with E-state index < -0.39 is 16.7 Å². The Labute approximate surface area is 106 Å². The fourth-order valence-electron chi connectivity index (χ4n) is 1.63. The lowest BCUT2D eigenvalue weighted by atomic mass is 10.0. The van der Waals surface area contributed by atoms with Crippen molar-refractivity contribution in [2.75, 3.05) is 0 Å². The van der Waals surface area contributed by atoms with Crippen LogP contribution in [0.25, 0.3) is 11.1 Å². The molecule has 0 amide bonds. The maximum absolute atomic E-state index is 12.4. The van der Waals surface area contributed by atoms with Gasteiger partial charge in [-0.15, -0.1) is 0 Å². The number of rotatable bonds is 2. The second-order valence-corrected chi connectivity index (χ2v) is 3.88. The average Bonchev–Trinajstić information content (AvgIpc) is 2.38. The van der Waals surface area contributed by atoms with Crippen LogP contribution in [-0.4, -0.2) is 4.92 Å². The second-order valence-electron chi connectivity index (χ2n) is 3.88. The van der Waals surface area contributed by atoms with Gasteiger partial charge < -0.3 is 0 Å². The Hall–Kier alpha value is -2.37. The Morgan fingerprint density at radius 2 is 1.26 bits per heavy atom. The molecule has 0 atom stereocenters. The topological polar surface area (TPSA) is 43.1 Å². The van der Waals surface area contributed by atoms with E-state index >= 15 is 0 Å². The van der Waals surface area contributed by atoms with Crippen LogP contribution in [0.1, 0.15) is 5.56 Å². The van der Waals surface area contributed by atoms with Crippen LogP contribution in [0.4, 0.5) is 18.9 Å². The van der Waals surface area contributed by atoms with E-state index in [-0.39, 0.29) is 5.69 Å². The fraction of sp³-hybridized carbons (Fsp3) is 0.0769. The highest BCUT2D eigenvalue weighted by Gasteiger charge is 2.29. The van der Waals surface area contributed by atoms with Crippen molar-refractivity contribution in [3.05, 3.63) is 64.2 Å². The molecule has 0 spiro atoms. The van der Waals surface area contributed by atoms with Gasteiger partial charge in [0.05, 0.1) is 10.5 Å². The monoisotopic (exact) mass is 267 g/mol. The third kappa shape index (κ3) is 2.90. The van der Waals surface area contributed by atoms with Gasteiger partial charge in [0.2, 0.25) is 0 Å². The molecule has 0 aliphatic carbocycles. The van der Waals surface area contributed by atoms with Crippen LogP contribution in [-0.2, 0) is 6.18 Å². The van der Waals surface area contributed by atoms with Gasteiger partial charge in [-0.25, -0.2) is 0 Å². The molecule has 3 nitrogen and oxygen atoms in total. The molecular weight excluding hydrogens is 259 g/mol. The molecule has 0 aromatic heterocycles. The van der Waals surface area contributed by atoms with Gasteiger partial charge in [0.1, 0.15) is 0 Å². The van der Waals surface area contributed by atoms with Gasteiger partial charge in [-0.05, 0) is 35.4 Å². The Kier molecular flexibility index (Phi) is 3.25. The summed E-state index contributed by atoms with van der Waals surface area (Å²) in [7, 11) is 0. The summed E-state index contributed by atoms with van der Waals surface area (Å²) in [4.78, 5) is 9.95. The van der Waals surface area contributed by atoms with E-state index in [4.69, 9.17) is 0 Å². The van der Waals surface area contributed by atoms with Gasteiger partial charge in [0, 0.05) is 12.1 Å². The SMILES string of the molecule is O=[N+]([O-])c1ccc(-c2ccc(C(F)(F)F)cc2)cc1. The lowest BCUT2D eigenvalue weighted by Crippen LogP contribution is -2.03. The van der Waals surface area contributed by atoms with Crippen molar-refractivity contribution < 1.29 is 18.1 Å². The molecule has 0 radical (unpaired) electrons. The van der Waals surface area contributed by atoms with Gasteiger partial charge in [-0.3, -0.25) is 10.1 Å². The molecular formula is C13H8F3NO2. The standard InChI is InChI=1S/C13H8F3NO2/c14-13(15,16)11-5-1-9(2-6-11)10-3-7-12(8-4-10)17(18)19/h1-8H. The molecule has 0 N–H and O–H groups in total. The molecule has 0 aliphatic rings. The summed E-state index contributed by atoms with van der Waals surface area (Å²) in [5.74, 6) is 0. The number of alkyl halides is 3. The van der Waals surface area contributed by atoms with Crippen molar-refractivity contribution in [1.82, 2.24) is 0 Å². The van der Waals surface area contributed by atoms with Gasteiger partial charge in [0.15, 0.2) is 0 Å². The molecule has 2 rings (SSSR count). The second kappa shape index (κ2) is 4.72. The molecule has 2 aromatic carbocycles. The Bertz CT molecular complexity index is 589. The van der Waals surface area contributed by atoms with E-state index in [1.54, 1.807) is 0 Å². The van der Waals surface area contributed by atoms with Crippen LogP contribution < -0.4 is 0 Å². The smallest absolute Gasteiger partial charge is 0.258 e. The van der Waals surface area contributed by atoms with Crippen LogP contribution in [0.15, 0.2) is 48.5 Å². The maximum atomic E-state index is 12.4. The molecule has 2 aromatic rings. The van der Waals surface area contributed by atoms with Crippen molar-refractivity contribution in [3.63, 3.8) is 0 Å². The third-order valence-corrected chi connectivity index (χ3v) is 2.62. The van der Waals surface area contributed by atoms with Gasteiger partial charge in [-0.1, -0.05) is 12.1 Å². The van der Waals surface area contributed by atoms with Crippen molar-refractivity contribution in [1.29, 1.82) is 0 Å². The van der Waals surface area contributed by atoms with Crippen LogP contribution >= 0.6 is 0 Å². The number of halogens is 3. The quantitative estimate of drug-likeness (QED) is 0.602. The first-order valence-corrected chi connectivity index (χ1v) is 5.30. The minimum atomic E-state index is -4.37. The minimum Gasteiger partial charge on any atom is -0.258 e. The van der Waals surface area contributed by atoms with Crippen molar-refractivity contribution in [2.24, 2.45) is 0 Å². The van der Waals surface area contributed by atoms with E-state index in [1.807, 2.05) is 0 Å². The summed E-state index contributed by atoms with van der Waals surface area (Å²) in [6.07, 6.45) is -4.37. The van der Waals surface area contributed by atoms with E-state index in [0.29, 0.717) is 11.1 Å². The highest BCUT2D eigenvalue weighted by atomic mass is 19.4. The minimum absolute atomic E-state index is 0.0596. The largest absolute Gasteiger partial charge is 0.416 e. The van der Waals surface area contributed by atoms with Crippen LogP contribution in [0.5, 0.6) is 0 Å². The number of hydrogen-bond donors (Lipinski definition) is 0. The highest BCUT2D eigenvalue weighted by molar-refractivity contribution is 5.65. The average molecular weight is 267 g/mol. The van der Waals surface area contributed by atoms with Crippen molar-refractivity contribution in [3.8, 4) is 11.1 Å². The van der Waals surface area contributed by atoms with E-state index in [1.165, 1.54) is 36.4 Å². The normalized spacial score (nSPS) is 11.3. The maximum Gasteiger partial charge on any atom is 0.416 e. The van der Waals surface area contributed by atoms with Gasteiger partial charge >= 0.3 is 6.18 Å². The third-order valence-electron chi connectivity index (χ3n) is 2.62. The Morgan fingerprint density at radius 1 is 0.842 bits per heavy atom. The number of non-ortho nitro benzene ring substituents is 1. The lowest BCUT2D eigenvalue weighted by Gasteiger charge is -2.07. The molecule has 19 heavy (non-hydrogen) atoms. The zero-order valence-corrected chi connectivity index (χ0v) is 9.52. The van der Waals surface area contributed by atoms with Crippen molar-refractivity contribution in [2.45, 2.75) is 6.18 Å². The van der Waals surface area contributed by atoms with Gasteiger partial charge in [0.25, 0.3) is 5.69 Å². The summed E-state index contributed by atoms with van der Waals surface area (Å²) in [6, 6.07) is 10.3. The van der Waals surface area contributed by atoms with Crippen LogP contribution in [0.3, 0.4) is 0 Å². The Morgan fingerprint density at radius 3 is 1.63 bits per heavy atom. The van der Waals surface area contributed by atoms with Crippen LogP contribution in [0, 0.1) is 10.1 Å². The number of hydrogen-bond acceptors (Lipinski definition) is 2. The first kappa shape index (κ1) is 13.1. The molecule has 98 valence electrons. The Balaban J connectivity index is 2.30. The lowest BCUT2D eigenvalue weighted by molar-refractivity contribution is -0.384. The highest BCUT2D eigenvalue weighted by Crippen LogP contribution is 2.31. The first-order valence-electron chi connectivity index (χ1n) is 5.30. The zero-order chi connectivity index (χ0) is 14.0. The zero-order valence-electron chi connectivity index (χ0n) is 9.52. The van der Waals surface area contributed by atoms with Gasteiger partial charge in [-0.2, -0.15) is 13.2 Å². The number of nitro benzene ring substituents is 1. The summed E-state index contributed by atoms with van der Waals surface area (Å²) in [5.41, 5.74) is 0.413. The summed E-state index contributed by atoms with van der Waals surface area (Å²) in [5, 5.41) is 10.5. The van der Waals surface area contributed by atoms with Crippen molar-refractivity contribution >= 4 is 5.69 Å². The number of nitro groups is 1. The molecule has 0 fully saturated rings. The molecule has 0 saturated carbocycles. The van der Waals surface area contributed by atoms with E-state index in [0.717, 1.165) is 12.1 Å². The van der Waals surface area contributed by atoms with E-state index in [9.17, 15) is 23.3 Å². The van der Waals surface area contributed by atoms with Crippen LogP contribution in [0.2, 0.25) is 0 Å². The molecule has 0 heterocycles. The molecule has 6 heteroatoms. The first-order chi connectivity index (χ1) is 8.88. The summed E-state index contributed by atoms with van der Waals surface area (Å²) >= 11 is 0. The molecule has 0 aliphatic heterocycles. The number of benzene rings is 2. The molecule has 0 unspecified atom stereocenters. The predicted octanol–water partition coefficient (Wildman–Crippen LogP) is 4.28. The number of nitrogens with zero attached hydrogens (tertiary/aromatic N) is 1. The predicted molar refractivity (Wildman–Crippen MR) is 63.5 cm³/mol. The van der Waals surface area contributed by atoms with E-state index in [2.05, 4.69) is 0 Å².